The molecule has 1 aromatic carbocycles. The van der Waals surface area contributed by atoms with Crippen molar-refractivity contribution >= 4 is 5.95 Å². The van der Waals surface area contributed by atoms with Crippen LogP contribution in [0.3, 0.4) is 0 Å². The number of rotatable bonds is 5. The van der Waals surface area contributed by atoms with E-state index in [0.717, 1.165) is 56.3 Å². The molecule has 25 heavy (non-hydrogen) atoms. The van der Waals surface area contributed by atoms with Crippen LogP contribution in [-0.4, -0.2) is 59.8 Å². The van der Waals surface area contributed by atoms with E-state index in [9.17, 15) is 0 Å². The third-order valence-electron chi connectivity index (χ3n) is 4.64. The van der Waals surface area contributed by atoms with Gasteiger partial charge in [0.25, 0.3) is 0 Å². The molecule has 0 spiro atoms. The molecule has 2 aromatic rings. The fraction of sp³-hybridized carbons (Fsp3) is 0.444. The summed E-state index contributed by atoms with van der Waals surface area (Å²) in [6.07, 6.45) is 3.80. The molecule has 0 unspecified atom stereocenters. The van der Waals surface area contributed by atoms with Crippen molar-refractivity contribution in [3.8, 4) is 11.5 Å². The van der Waals surface area contributed by atoms with E-state index >= 15 is 0 Å². The van der Waals surface area contributed by atoms with Crippen molar-refractivity contribution in [2.24, 2.45) is 0 Å². The van der Waals surface area contributed by atoms with E-state index in [1.54, 1.807) is 0 Å². The van der Waals surface area contributed by atoms with Crippen LogP contribution < -0.4 is 14.8 Å². The molecule has 1 N–H and O–H groups in total. The van der Waals surface area contributed by atoms with Crippen molar-refractivity contribution in [3.05, 3.63) is 41.7 Å². The van der Waals surface area contributed by atoms with E-state index in [1.807, 2.05) is 25.5 Å². The fourth-order valence-electron chi connectivity index (χ4n) is 3.23. The Balaban J connectivity index is 1.28. The molecular weight excluding hydrogens is 318 g/mol. The van der Waals surface area contributed by atoms with Gasteiger partial charge in [-0.15, -0.1) is 0 Å². The number of ether oxygens (including phenoxy) is 2. The van der Waals surface area contributed by atoms with Crippen molar-refractivity contribution in [1.29, 1.82) is 0 Å². The second kappa shape index (κ2) is 7.25. The van der Waals surface area contributed by atoms with Crippen molar-refractivity contribution in [2.75, 3.05) is 45.3 Å². The zero-order valence-corrected chi connectivity index (χ0v) is 14.4. The van der Waals surface area contributed by atoms with Crippen LogP contribution in [-0.2, 0) is 13.1 Å². The third kappa shape index (κ3) is 3.83. The van der Waals surface area contributed by atoms with Crippen LogP contribution in [0.25, 0.3) is 0 Å². The highest BCUT2D eigenvalue weighted by Crippen LogP contribution is 2.32. The molecule has 7 nitrogen and oxygen atoms in total. The Morgan fingerprint density at radius 1 is 0.920 bits per heavy atom. The summed E-state index contributed by atoms with van der Waals surface area (Å²) >= 11 is 0. The Kier molecular flexibility index (Phi) is 4.67. The zero-order valence-electron chi connectivity index (χ0n) is 14.4. The zero-order chi connectivity index (χ0) is 17.1. The number of hydrogen-bond donors (Lipinski definition) is 1. The lowest BCUT2D eigenvalue weighted by atomic mass is 10.1. The van der Waals surface area contributed by atoms with Crippen LogP contribution in [0.2, 0.25) is 0 Å². The van der Waals surface area contributed by atoms with Gasteiger partial charge in [-0.1, -0.05) is 6.07 Å². The second-order valence-corrected chi connectivity index (χ2v) is 6.40. The SMILES string of the molecule is CNc1ncc(CN2CCN(Cc3ccc4c(c3)OCO4)CC2)cn1. The number of hydrogen-bond acceptors (Lipinski definition) is 7. The quantitative estimate of drug-likeness (QED) is 0.885. The highest BCUT2D eigenvalue weighted by Gasteiger charge is 2.19. The number of piperazine rings is 1. The van der Waals surface area contributed by atoms with Gasteiger partial charge < -0.3 is 14.8 Å². The summed E-state index contributed by atoms with van der Waals surface area (Å²) in [6, 6.07) is 6.22. The molecule has 0 bridgehead atoms. The molecule has 1 fully saturated rings. The highest BCUT2D eigenvalue weighted by atomic mass is 16.7. The molecule has 0 atom stereocenters. The van der Waals surface area contributed by atoms with Gasteiger partial charge in [-0.05, 0) is 17.7 Å². The highest BCUT2D eigenvalue weighted by molar-refractivity contribution is 5.44. The Morgan fingerprint density at radius 3 is 2.24 bits per heavy atom. The van der Waals surface area contributed by atoms with Crippen molar-refractivity contribution in [3.63, 3.8) is 0 Å². The van der Waals surface area contributed by atoms with E-state index in [4.69, 9.17) is 9.47 Å². The van der Waals surface area contributed by atoms with Crippen molar-refractivity contribution in [1.82, 2.24) is 19.8 Å². The minimum absolute atomic E-state index is 0.330. The molecule has 7 heteroatoms. The first-order valence-electron chi connectivity index (χ1n) is 8.62. The predicted molar refractivity (Wildman–Crippen MR) is 94.7 cm³/mol. The number of nitrogens with zero attached hydrogens (tertiary/aromatic N) is 4. The summed E-state index contributed by atoms with van der Waals surface area (Å²) in [4.78, 5) is 13.5. The summed E-state index contributed by atoms with van der Waals surface area (Å²) in [6.45, 7) is 6.41. The van der Waals surface area contributed by atoms with E-state index in [1.165, 1.54) is 5.56 Å². The van der Waals surface area contributed by atoms with E-state index in [2.05, 4.69) is 37.2 Å². The first kappa shape index (κ1) is 16.1. The van der Waals surface area contributed by atoms with E-state index < -0.39 is 0 Å². The molecular formula is C18H23N5O2. The lowest BCUT2D eigenvalue weighted by molar-refractivity contribution is 0.122. The molecule has 4 rings (SSSR count). The molecule has 1 aromatic heterocycles. The number of fused-ring (bicyclic) bond motifs is 1. The molecule has 0 saturated carbocycles. The van der Waals surface area contributed by atoms with Crippen LogP contribution >= 0.6 is 0 Å². The monoisotopic (exact) mass is 341 g/mol. The number of aromatic nitrogens is 2. The van der Waals surface area contributed by atoms with Gasteiger partial charge in [0.05, 0.1) is 0 Å². The fourth-order valence-corrected chi connectivity index (χ4v) is 3.23. The van der Waals surface area contributed by atoms with Gasteiger partial charge in [0.15, 0.2) is 11.5 Å². The van der Waals surface area contributed by atoms with Gasteiger partial charge in [0.1, 0.15) is 0 Å². The van der Waals surface area contributed by atoms with Gasteiger partial charge in [-0.3, -0.25) is 9.80 Å². The summed E-state index contributed by atoms with van der Waals surface area (Å²) < 4.78 is 10.8. The molecule has 0 radical (unpaired) electrons. The average molecular weight is 341 g/mol. The third-order valence-corrected chi connectivity index (χ3v) is 4.64. The van der Waals surface area contributed by atoms with Crippen LogP contribution in [0.15, 0.2) is 30.6 Å². The van der Waals surface area contributed by atoms with Gasteiger partial charge in [-0.2, -0.15) is 0 Å². The van der Waals surface area contributed by atoms with Crippen molar-refractivity contribution < 1.29 is 9.47 Å². The number of nitrogens with one attached hydrogen (secondary N) is 1. The summed E-state index contributed by atoms with van der Waals surface area (Å²) in [5.74, 6) is 2.37. The van der Waals surface area contributed by atoms with Crippen LogP contribution in [0.4, 0.5) is 5.95 Å². The van der Waals surface area contributed by atoms with Crippen LogP contribution in [0.5, 0.6) is 11.5 Å². The summed E-state index contributed by atoms with van der Waals surface area (Å²) in [5, 5.41) is 2.94. The van der Waals surface area contributed by atoms with Crippen LogP contribution in [0, 0.1) is 0 Å². The normalized spacial score (nSPS) is 17.6. The minimum Gasteiger partial charge on any atom is -0.454 e. The Hall–Kier alpha value is -2.38. The largest absolute Gasteiger partial charge is 0.454 e. The van der Waals surface area contributed by atoms with Gasteiger partial charge in [-0.25, -0.2) is 9.97 Å². The summed E-state index contributed by atoms with van der Waals surface area (Å²) in [7, 11) is 1.83. The molecule has 1 saturated heterocycles. The standard InChI is InChI=1S/C18H23N5O2/c1-19-18-20-9-15(10-21-18)12-23-6-4-22(5-7-23)11-14-2-3-16-17(8-14)25-13-24-16/h2-3,8-10H,4-7,11-13H2,1H3,(H,19,20,21). The topological polar surface area (TPSA) is 62.8 Å². The van der Waals surface area contributed by atoms with Gasteiger partial charge in [0, 0.05) is 64.3 Å². The van der Waals surface area contributed by atoms with Crippen LogP contribution in [0.1, 0.15) is 11.1 Å². The molecule has 3 heterocycles. The lowest BCUT2D eigenvalue weighted by Gasteiger charge is -2.34. The van der Waals surface area contributed by atoms with E-state index in [-0.39, 0.29) is 0 Å². The average Bonchev–Trinajstić information content (AvgIpc) is 3.12. The van der Waals surface area contributed by atoms with Crippen molar-refractivity contribution in [2.45, 2.75) is 13.1 Å². The maximum absolute atomic E-state index is 5.46. The molecule has 2 aliphatic heterocycles. The maximum atomic E-state index is 5.46. The molecule has 132 valence electrons. The number of benzene rings is 1. The minimum atomic E-state index is 0.330. The van der Waals surface area contributed by atoms with Gasteiger partial charge >= 0.3 is 0 Å². The Labute approximate surface area is 147 Å². The molecule has 0 aliphatic carbocycles. The maximum Gasteiger partial charge on any atom is 0.231 e. The first-order valence-corrected chi connectivity index (χ1v) is 8.62. The molecule has 0 amide bonds. The smallest absolute Gasteiger partial charge is 0.231 e. The van der Waals surface area contributed by atoms with Gasteiger partial charge in [0.2, 0.25) is 12.7 Å². The summed E-state index contributed by atoms with van der Waals surface area (Å²) in [5.41, 5.74) is 2.43. The second-order valence-electron chi connectivity index (χ2n) is 6.40. The Bertz CT molecular complexity index is 714. The molecule has 2 aliphatic rings. The number of anilines is 1. The Morgan fingerprint density at radius 2 is 1.56 bits per heavy atom. The predicted octanol–water partition coefficient (Wildman–Crippen LogP) is 1.56. The van der Waals surface area contributed by atoms with E-state index in [0.29, 0.717) is 12.7 Å². The lowest BCUT2D eigenvalue weighted by Crippen LogP contribution is -2.45. The first-order chi connectivity index (χ1) is 12.3.